The zero-order chi connectivity index (χ0) is 56.5. The number of ether oxygens (including phenoxy) is 4. The SMILES string of the molecule is O=C1OC2C(O)OC3COC(=O)c4cc(O)c(O)c(O)c4-c4c(O)c(O)c5oc(=O)c6c(c(O)c(O)c7oc(=O)c4c5c76)-c4c(cc(O)c(O)c4O)C(=O)OC3C2(O)C(=O)c2cc(O)c(O)c(O)c2-c2c1cc(O)c(O)c2O. The number of carbonyl (C=O) groups is 4. The second-order valence-corrected chi connectivity index (χ2v) is 17.6. The van der Waals surface area contributed by atoms with Gasteiger partial charge in [0.25, 0.3) is 0 Å². The van der Waals surface area contributed by atoms with Gasteiger partial charge >= 0.3 is 29.2 Å². The van der Waals surface area contributed by atoms with Gasteiger partial charge < -0.3 is 120 Å². The molecule has 30 nitrogen and oxygen atoms in total. The number of aliphatic hydroxyl groups excluding tert-OH is 1. The molecule has 11 rings (SSSR count). The maximum Gasteiger partial charge on any atom is 0.345 e. The minimum absolute atomic E-state index is 0.212. The van der Waals surface area contributed by atoms with E-state index in [2.05, 4.69) is 0 Å². The fourth-order valence-electron chi connectivity index (χ4n) is 10.0. The summed E-state index contributed by atoms with van der Waals surface area (Å²) in [7, 11) is 0. The van der Waals surface area contributed by atoms with E-state index in [-0.39, 0.29) is 12.1 Å². The van der Waals surface area contributed by atoms with Crippen LogP contribution < -0.4 is 11.3 Å². The first kappa shape index (κ1) is 49.2. The lowest BCUT2D eigenvalue weighted by molar-refractivity contribution is -0.303. The van der Waals surface area contributed by atoms with Gasteiger partial charge in [-0.15, -0.1) is 0 Å². The molecule has 30 heteroatoms. The normalized spacial score (nSPS) is 20.2. The number of phenolic OH excluding ortho intramolecular Hbond substituents is 16. The number of benzene rings is 6. The van der Waals surface area contributed by atoms with Crippen LogP contribution in [-0.2, 0) is 18.9 Å². The van der Waals surface area contributed by atoms with Crippen LogP contribution in [0.1, 0.15) is 41.4 Å². The van der Waals surface area contributed by atoms with Crippen molar-refractivity contribution < 1.29 is 139 Å². The second-order valence-electron chi connectivity index (χ2n) is 17.6. The standard InChI is InChI=1S/C48H28O30/c49-10-1-6-15(29(57)25(10)53)16-8(3-12(51)26(54)30(16)58)44(68)78-41-47(71)74-14-5-73-42(66)7-2-11(50)27(55)31(59)17(7)19-23-21-22-24(46(70)76-37(21)35(63)33(19)61)20(34(62)36(64)38(22)75-45(23)69)18-9(4-13(52)28(56)32(18)60)43(67)77-40(14)48(41,72)39(6)65/h1-4,14,40-41,47,49-64,71-72H,5H2. The van der Waals surface area contributed by atoms with Gasteiger partial charge in [0.2, 0.25) is 45.9 Å². The van der Waals surface area contributed by atoms with Crippen LogP contribution in [-0.4, -0.2) is 152 Å². The molecule has 5 unspecified atom stereocenters. The van der Waals surface area contributed by atoms with Gasteiger partial charge in [0.1, 0.15) is 12.7 Å². The number of hydrogen-bond donors (Lipinski definition) is 18. The van der Waals surface area contributed by atoms with Crippen LogP contribution in [0.25, 0.3) is 66.1 Å². The maximum atomic E-state index is 15.4. The molecule has 0 saturated carbocycles. The molecule has 1 fully saturated rings. The average Bonchev–Trinajstić information content (AvgIpc) is 3.49. The summed E-state index contributed by atoms with van der Waals surface area (Å²) >= 11 is 0. The molecule has 6 aromatic carbocycles. The lowest BCUT2D eigenvalue weighted by Gasteiger charge is -2.47. The van der Waals surface area contributed by atoms with E-state index < -0.39 is 252 Å². The smallest absolute Gasteiger partial charge is 0.345 e. The highest BCUT2D eigenvalue weighted by Crippen LogP contribution is 2.59. The number of Topliss-reactive ketones (excluding diaryl/α,β-unsaturated/α-hetero) is 1. The van der Waals surface area contributed by atoms with E-state index in [4.69, 9.17) is 27.8 Å². The Kier molecular flexibility index (Phi) is 10.1. The number of aliphatic hydroxyl groups is 2. The van der Waals surface area contributed by atoms with Crippen LogP contribution in [0.4, 0.5) is 0 Å². The fourth-order valence-corrected chi connectivity index (χ4v) is 10.0. The van der Waals surface area contributed by atoms with Crippen molar-refractivity contribution in [3.8, 4) is 125 Å². The Balaban J connectivity index is 1.27. The van der Waals surface area contributed by atoms with Gasteiger partial charge in [-0.05, 0) is 24.3 Å². The molecule has 0 amide bonds. The van der Waals surface area contributed by atoms with Crippen molar-refractivity contribution in [2.45, 2.75) is 30.2 Å². The van der Waals surface area contributed by atoms with Crippen LogP contribution in [0.2, 0.25) is 0 Å². The quantitative estimate of drug-likeness (QED) is 0.0335. The summed E-state index contributed by atoms with van der Waals surface area (Å²) in [4.78, 5) is 87.6. The Hall–Kier alpha value is -11.0. The van der Waals surface area contributed by atoms with E-state index in [9.17, 15) is 111 Å². The molecule has 3 aliphatic heterocycles. The molecule has 6 bridgehead atoms. The van der Waals surface area contributed by atoms with E-state index in [0.717, 1.165) is 0 Å². The van der Waals surface area contributed by atoms with Gasteiger partial charge in [-0.2, -0.15) is 0 Å². The summed E-state index contributed by atoms with van der Waals surface area (Å²) in [5, 5.41) is 199. The monoisotopic (exact) mass is 1080 g/mol. The Morgan fingerprint density at radius 3 is 1.14 bits per heavy atom. The zero-order valence-electron chi connectivity index (χ0n) is 37.8. The molecule has 5 atom stereocenters. The van der Waals surface area contributed by atoms with E-state index >= 15 is 9.59 Å². The van der Waals surface area contributed by atoms with Gasteiger partial charge in [0, 0.05) is 49.7 Å². The van der Waals surface area contributed by atoms with Crippen LogP contribution in [0.15, 0.2) is 42.7 Å². The topological polar surface area (TPSA) is 530 Å². The largest absolute Gasteiger partial charge is 0.504 e. The average molecular weight is 1080 g/mol. The van der Waals surface area contributed by atoms with Crippen LogP contribution in [0.5, 0.6) is 92.0 Å². The van der Waals surface area contributed by atoms with Crippen LogP contribution in [0, 0.1) is 0 Å². The molecule has 18 N–H and O–H groups in total. The summed E-state index contributed by atoms with van der Waals surface area (Å²) in [5.41, 5.74) is -23.1. The highest BCUT2D eigenvalue weighted by Gasteiger charge is 2.65. The first-order valence-corrected chi connectivity index (χ1v) is 21.7. The summed E-state index contributed by atoms with van der Waals surface area (Å²) in [6.45, 7) is -1.64. The molecule has 8 aromatic rings. The number of carbonyl (C=O) groups excluding carboxylic acids is 4. The number of fused-ring (bicyclic) bond motifs is 10. The van der Waals surface area contributed by atoms with Crippen molar-refractivity contribution in [2.24, 2.45) is 0 Å². The molecule has 2 aromatic heterocycles. The van der Waals surface area contributed by atoms with E-state index in [0.29, 0.717) is 12.1 Å². The summed E-state index contributed by atoms with van der Waals surface area (Å²) in [6.07, 6.45) is -11.8. The first-order valence-electron chi connectivity index (χ1n) is 21.7. The van der Waals surface area contributed by atoms with Crippen molar-refractivity contribution in [3.05, 3.63) is 67.4 Å². The number of esters is 3. The predicted molar refractivity (Wildman–Crippen MR) is 245 cm³/mol. The predicted octanol–water partition coefficient (Wildman–Crippen LogP) is 1.35. The van der Waals surface area contributed by atoms with Crippen molar-refractivity contribution in [3.63, 3.8) is 0 Å². The van der Waals surface area contributed by atoms with Crippen molar-refractivity contribution in [2.75, 3.05) is 6.61 Å². The number of hydrogen-bond acceptors (Lipinski definition) is 30. The van der Waals surface area contributed by atoms with Gasteiger partial charge in [0.05, 0.1) is 27.5 Å². The highest BCUT2D eigenvalue weighted by atomic mass is 16.7. The number of rotatable bonds is 0. The fraction of sp³-hybridized carbons (Fsp3) is 0.125. The second kappa shape index (κ2) is 16.0. The first-order chi connectivity index (χ1) is 36.6. The Bertz CT molecular complexity index is 4280. The third-order valence-corrected chi connectivity index (χ3v) is 13.5. The lowest BCUT2D eigenvalue weighted by Crippen LogP contribution is -2.72. The molecule has 0 spiro atoms. The highest BCUT2D eigenvalue weighted by molar-refractivity contribution is 6.29. The summed E-state index contributed by atoms with van der Waals surface area (Å²) in [5.74, 6) is -32.8. The molecular weight excluding hydrogens is 1060 g/mol. The summed E-state index contributed by atoms with van der Waals surface area (Å²) in [6, 6.07) is 1.11. The Morgan fingerprint density at radius 1 is 0.397 bits per heavy atom. The molecule has 0 radical (unpaired) electrons. The minimum atomic E-state index is -4.12. The minimum Gasteiger partial charge on any atom is -0.504 e. The lowest BCUT2D eigenvalue weighted by atomic mass is 9.76. The number of aromatic hydroxyl groups is 16. The van der Waals surface area contributed by atoms with Crippen LogP contribution >= 0.6 is 0 Å². The molecule has 5 heterocycles. The molecule has 1 saturated heterocycles. The Labute approximate surface area is 424 Å². The number of ketones is 1. The maximum absolute atomic E-state index is 15.4. The van der Waals surface area contributed by atoms with E-state index in [1.165, 1.54) is 0 Å². The third-order valence-electron chi connectivity index (χ3n) is 13.5. The van der Waals surface area contributed by atoms with Crippen molar-refractivity contribution in [1.82, 2.24) is 0 Å². The van der Waals surface area contributed by atoms with E-state index in [1.54, 1.807) is 0 Å². The van der Waals surface area contributed by atoms with Gasteiger partial charge in [-0.25, -0.2) is 24.0 Å². The molecule has 400 valence electrons. The van der Waals surface area contributed by atoms with Gasteiger partial charge in [0.15, 0.2) is 87.2 Å². The number of cyclic esters (lactones) is 1. The molecule has 78 heavy (non-hydrogen) atoms. The third kappa shape index (κ3) is 6.16. The van der Waals surface area contributed by atoms with Crippen LogP contribution in [0.3, 0.4) is 0 Å². The Morgan fingerprint density at radius 2 is 0.731 bits per heavy atom. The van der Waals surface area contributed by atoms with Crippen molar-refractivity contribution in [1.29, 1.82) is 0 Å². The van der Waals surface area contributed by atoms with E-state index in [1.807, 2.05) is 0 Å². The zero-order valence-corrected chi connectivity index (χ0v) is 37.8. The number of phenols is 16. The summed E-state index contributed by atoms with van der Waals surface area (Å²) < 4.78 is 32.5. The van der Waals surface area contributed by atoms with Crippen molar-refractivity contribution >= 4 is 56.4 Å². The van der Waals surface area contributed by atoms with Gasteiger partial charge in [-0.1, -0.05) is 0 Å². The molecule has 3 aliphatic rings. The van der Waals surface area contributed by atoms with Gasteiger partial charge in [-0.3, -0.25) is 4.79 Å². The molecular formula is C48H28O30. The molecule has 0 aliphatic carbocycles.